The molecule has 1 aliphatic rings. The van der Waals surface area contributed by atoms with Crippen LogP contribution < -0.4 is 14.8 Å². The predicted molar refractivity (Wildman–Crippen MR) is 85.9 cm³/mol. The van der Waals surface area contributed by atoms with Gasteiger partial charge >= 0.3 is 0 Å². The second-order valence-electron chi connectivity index (χ2n) is 5.08. The van der Waals surface area contributed by atoms with Crippen LogP contribution in [0.5, 0.6) is 11.5 Å². The van der Waals surface area contributed by atoms with Crippen LogP contribution in [0.2, 0.25) is 5.02 Å². The monoisotopic (exact) mass is 333 g/mol. The molecule has 120 valence electrons. The molecule has 0 atom stereocenters. The Labute approximate surface area is 139 Å². The summed E-state index contributed by atoms with van der Waals surface area (Å²) in [5.41, 5.74) is 2.48. The number of halogens is 1. The van der Waals surface area contributed by atoms with Crippen molar-refractivity contribution in [2.75, 3.05) is 13.9 Å². The van der Waals surface area contributed by atoms with Gasteiger partial charge in [-0.3, -0.25) is 4.79 Å². The molecule has 0 fully saturated rings. The number of ether oxygens (including phenoxy) is 3. The molecule has 6 heteroatoms. The lowest BCUT2D eigenvalue weighted by molar-refractivity contribution is 0.0950. The number of hydrogen-bond donors (Lipinski definition) is 1. The van der Waals surface area contributed by atoms with E-state index in [1.54, 1.807) is 19.2 Å². The standard InChI is InChI=1S/C17H16ClNO4/c1-21-9-12-5-3-2-4-11(12)8-19-17(20)13-6-14(18)16-15(7-13)22-10-23-16/h2-7H,8-10H2,1H3,(H,19,20). The predicted octanol–water partition coefficient (Wildman–Crippen LogP) is 3.15. The van der Waals surface area contributed by atoms with E-state index in [4.69, 9.17) is 25.8 Å². The molecular formula is C17H16ClNO4. The molecule has 1 aliphatic heterocycles. The van der Waals surface area contributed by atoms with E-state index in [2.05, 4.69) is 5.32 Å². The molecular weight excluding hydrogens is 318 g/mol. The lowest BCUT2D eigenvalue weighted by atomic mass is 10.1. The fraction of sp³-hybridized carbons (Fsp3) is 0.235. The molecule has 0 saturated heterocycles. The van der Waals surface area contributed by atoms with Crippen molar-refractivity contribution in [2.45, 2.75) is 13.2 Å². The average Bonchev–Trinajstić information content (AvgIpc) is 3.03. The van der Waals surface area contributed by atoms with E-state index in [9.17, 15) is 4.79 Å². The van der Waals surface area contributed by atoms with Gasteiger partial charge in [-0.05, 0) is 23.3 Å². The van der Waals surface area contributed by atoms with Gasteiger partial charge in [-0.15, -0.1) is 0 Å². The van der Waals surface area contributed by atoms with E-state index in [1.807, 2.05) is 24.3 Å². The molecule has 0 aromatic heterocycles. The first-order valence-electron chi connectivity index (χ1n) is 7.12. The molecule has 2 aromatic rings. The van der Waals surface area contributed by atoms with Crippen molar-refractivity contribution in [3.8, 4) is 11.5 Å². The van der Waals surface area contributed by atoms with Gasteiger partial charge < -0.3 is 19.5 Å². The number of benzene rings is 2. The lowest BCUT2D eigenvalue weighted by Gasteiger charge is -2.11. The van der Waals surface area contributed by atoms with E-state index in [-0.39, 0.29) is 12.7 Å². The lowest BCUT2D eigenvalue weighted by Crippen LogP contribution is -2.23. The molecule has 3 rings (SSSR count). The zero-order valence-electron chi connectivity index (χ0n) is 12.6. The second kappa shape index (κ2) is 6.89. The summed E-state index contributed by atoms with van der Waals surface area (Å²) in [6, 6.07) is 11.0. The van der Waals surface area contributed by atoms with Crippen molar-refractivity contribution < 1.29 is 19.0 Å². The van der Waals surface area contributed by atoms with Crippen molar-refractivity contribution >= 4 is 17.5 Å². The fourth-order valence-corrected chi connectivity index (χ4v) is 2.67. The third kappa shape index (κ3) is 3.41. The van der Waals surface area contributed by atoms with Gasteiger partial charge in [0.1, 0.15) is 0 Å². The van der Waals surface area contributed by atoms with Crippen LogP contribution in [-0.2, 0) is 17.9 Å². The van der Waals surface area contributed by atoms with Crippen LogP contribution in [0.1, 0.15) is 21.5 Å². The van der Waals surface area contributed by atoms with Gasteiger partial charge in [-0.25, -0.2) is 0 Å². The Morgan fingerprint density at radius 3 is 2.83 bits per heavy atom. The van der Waals surface area contributed by atoms with Crippen LogP contribution in [0, 0.1) is 0 Å². The molecule has 0 aliphatic carbocycles. The molecule has 1 amide bonds. The Balaban J connectivity index is 1.72. The maximum Gasteiger partial charge on any atom is 0.251 e. The van der Waals surface area contributed by atoms with Crippen molar-refractivity contribution in [2.24, 2.45) is 0 Å². The summed E-state index contributed by atoms with van der Waals surface area (Å²) in [5, 5.41) is 3.25. The highest BCUT2D eigenvalue weighted by atomic mass is 35.5. The van der Waals surface area contributed by atoms with Crippen LogP contribution in [0.4, 0.5) is 0 Å². The third-order valence-corrected chi connectivity index (χ3v) is 3.83. The van der Waals surface area contributed by atoms with Gasteiger partial charge in [-0.2, -0.15) is 0 Å². The van der Waals surface area contributed by atoms with Gasteiger partial charge in [-0.1, -0.05) is 35.9 Å². The summed E-state index contributed by atoms with van der Waals surface area (Å²) in [6.07, 6.45) is 0. The summed E-state index contributed by atoms with van der Waals surface area (Å²) < 4.78 is 15.7. The van der Waals surface area contributed by atoms with E-state index in [0.717, 1.165) is 11.1 Å². The second-order valence-corrected chi connectivity index (χ2v) is 5.48. The summed E-state index contributed by atoms with van der Waals surface area (Å²) in [4.78, 5) is 12.3. The molecule has 23 heavy (non-hydrogen) atoms. The minimum atomic E-state index is -0.225. The van der Waals surface area contributed by atoms with Crippen LogP contribution in [0.15, 0.2) is 36.4 Å². The Kier molecular flexibility index (Phi) is 4.69. The Morgan fingerprint density at radius 2 is 2.04 bits per heavy atom. The average molecular weight is 334 g/mol. The normalized spacial score (nSPS) is 12.3. The minimum Gasteiger partial charge on any atom is -0.454 e. The smallest absolute Gasteiger partial charge is 0.251 e. The van der Waals surface area contributed by atoms with Gasteiger partial charge in [0.25, 0.3) is 5.91 Å². The van der Waals surface area contributed by atoms with Crippen molar-refractivity contribution in [1.82, 2.24) is 5.32 Å². The quantitative estimate of drug-likeness (QED) is 0.913. The molecule has 0 unspecified atom stereocenters. The minimum absolute atomic E-state index is 0.116. The number of amides is 1. The maximum absolute atomic E-state index is 12.3. The van der Waals surface area contributed by atoms with Gasteiger partial charge in [0, 0.05) is 19.2 Å². The van der Waals surface area contributed by atoms with Crippen molar-refractivity contribution in [3.05, 3.63) is 58.1 Å². The van der Waals surface area contributed by atoms with E-state index >= 15 is 0 Å². The van der Waals surface area contributed by atoms with Gasteiger partial charge in [0.2, 0.25) is 6.79 Å². The SMILES string of the molecule is COCc1ccccc1CNC(=O)c1cc(Cl)c2c(c1)OCO2. The Hall–Kier alpha value is -2.24. The van der Waals surface area contributed by atoms with Crippen LogP contribution in [0.3, 0.4) is 0 Å². The molecule has 1 heterocycles. The zero-order chi connectivity index (χ0) is 16.2. The highest BCUT2D eigenvalue weighted by molar-refractivity contribution is 6.32. The van der Waals surface area contributed by atoms with E-state index in [1.165, 1.54) is 0 Å². The topological polar surface area (TPSA) is 56.8 Å². The van der Waals surface area contributed by atoms with Crippen molar-refractivity contribution in [3.63, 3.8) is 0 Å². The van der Waals surface area contributed by atoms with Gasteiger partial charge in [0.15, 0.2) is 11.5 Å². The molecule has 5 nitrogen and oxygen atoms in total. The number of methoxy groups -OCH3 is 1. The van der Waals surface area contributed by atoms with Crippen LogP contribution in [0.25, 0.3) is 0 Å². The fourth-order valence-electron chi connectivity index (χ4n) is 2.40. The van der Waals surface area contributed by atoms with E-state index in [0.29, 0.717) is 35.2 Å². The van der Waals surface area contributed by atoms with Crippen LogP contribution in [-0.4, -0.2) is 19.8 Å². The summed E-state index contributed by atoms with van der Waals surface area (Å²) >= 11 is 6.10. The summed E-state index contributed by atoms with van der Waals surface area (Å²) in [7, 11) is 1.64. The molecule has 0 bridgehead atoms. The first-order chi connectivity index (χ1) is 11.2. The molecule has 0 radical (unpaired) electrons. The number of rotatable bonds is 5. The molecule has 2 aromatic carbocycles. The van der Waals surface area contributed by atoms with E-state index < -0.39 is 0 Å². The maximum atomic E-state index is 12.3. The number of fused-ring (bicyclic) bond motifs is 1. The summed E-state index contributed by atoms with van der Waals surface area (Å²) in [5.74, 6) is 0.744. The van der Waals surface area contributed by atoms with Crippen molar-refractivity contribution in [1.29, 1.82) is 0 Å². The molecule has 0 saturated carbocycles. The first kappa shape index (κ1) is 15.6. The highest BCUT2D eigenvalue weighted by Crippen LogP contribution is 2.39. The van der Waals surface area contributed by atoms with Crippen LogP contribution >= 0.6 is 11.6 Å². The third-order valence-electron chi connectivity index (χ3n) is 3.55. The number of carbonyl (C=O) groups is 1. The Bertz CT molecular complexity index is 733. The zero-order valence-corrected chi connectivity index (χ0v) is 13.4. The summed E-state index contributed by atoms with van der Waals surface area (Å²) in [6.45, 7) is 1.02. The first-order valence-corrected chi connectivity index (χ1v) is 7.50. The number of nitrogens with one attached hydrogen (secondary N) is 1. The molecule has 0 spiro atoms. The molecule has 1 N–H and O–H groups in total. The number of hydrogen-bond acceptors (Lipinski definition) is 4. The Morgan fingerprint density at radius 1 is 1.26 bits per heavy atom. The van der Waals surface area contributed by atoms with Gasteiger partial charge in [0.05, 0.1) is 11.6 Å². The number of carbonyl (C=O) groups excluding carboxylic acids is 1. The highest BCUT2D eigenvalue weighted by Gasteiger charge is 2.20. The largest absolute Gasteiger partial charge is 0.454 e.